The van der Waals surface area contributed by atoms with Crippen molar-refractivity contribution in [1.29, 1.82) is 0 Å². The lowest BCUT2D eigenvalue weighted by molar-refractivity contribution is -0.120. The van der Waals surface area contributed by atoms with E-state index >= 15 is 0 Å². The van der Waals surface area contributed by atoms with Gasteiger partial charge >= 0.3 is 5.63 Å². The van der Waals surface area contributed by atoms with Gasteiger partial charge in [0.05, 0.1) is 31.7 Å². The molecule has 0 aliphatic carbocycles. The number of halogens is 1. The molecule has 0 saturated heterocycles. The number of carbonyl (C=O) groups is 1. The highest BCUT2D eigenvalue weighted by Gasteiger charge is 2.19. The monoisotopic (exact) mass is 438 g/mol. The smallest absolute Gasteiger partial charge is 0.340 e. The van der Waals surface area contributed by atoms with Gasteiger partial charge in [0, 0.05) is 24.7 Å². The molecule has 1 amide bonds. The van der Waals surface area contributed by atoms with Crippen molar-refractivity contribution in [1.82, 2.24) is 9.88 Å². The van der Waals surface area contributed by atoms with E-state index in [0.717, 1.165) is 10.9 Å². The molecule has 166 valence electrons. The van der Waals surface area contributed by atoms with Crippen LogP contribution < -0.4 is 20.4 Å². The summed E-state index contributed by atoms with van der Waals surface area (Å²) in [5.74, 6) is 0.166. The van der Waals surface area contributed by atoms with E-state index in [-0.39, 0.29) is 29.3 Å². The third kappa shape index (κ3) is 3.91. The fraction of sp³-hybridized carbons (Fsp3) is 0.250. The fourth-order valence-corrected chi connectivity index (χ4v) is 3.86. The Hall–Kier alpha value is -3.81. The number of benzene rings is 2. The molecule has 4 aromatic rings. The van der Waals surface area contributed by atoms with Gasteiger partial charge < -0.3 is 23.8 Å². The Morgan fingerprint density at radius 2 is 1.97 bits per heavy atom. The Labute approximate surface area is 183 Å². The maximum absolute atomic E-state index is 13.5. The van der Waals surface area contributed by atoms with Crippen LogP contribution in [0.4, 0.5) is 4.39 Å². The minimum atomic E-state index is -0.594. The summed E-state index contributed by atoms with van der Waals surface area (Å²) in [7, 11) is 2.97. The molecule has 0 saturated carbocycles. The Bertz CT molecular complexity index is 1370. The molecular weight excluding hydrogens is 415 g/mol. The second-order valence-corrected chi connectivity index (χ2v) is 7.41. The summed E-state index contributed by atoms with van der Waals surface area (Å²) in [6.07, 6.45) is 1.74. The number of fused-ring (bicyclic) bond motifs is 2. The highest BCUT2D eigenvalue weighted by molar-refractivity contribution is 5.90. The van der Waals surface area contributed by atoms with Gasteiger partial charge in [-0.15, -0.1) is 0 Å². The molecule has 0 radical (unpaired) electrons. The van der Waals surface area contributed by atoms with Crippen LogP contribution in [0.15, 0.2) is 51.8 Å². The van der Waals surface area contributed by atoms with Crippen molar-refractivity contribution in [3.05, 3.63) is 70.0 Å². The van der Waals surface area contributed by atoms with Gasteiger partial charge in [-0.05, 0) is 54.3 Å². The maximum Gasteiger partial charge on any atom is 0.340 e. The van der Waals surface area contributed by atoms with Gasteiger partial charge in [0.25, 0.3) is 0 Å². The van der Waals surface area contributed by atoms with E-state index < -0.39 is 5.63 Å². The highest BCUT2D eigenvalue weighted by Crippen LogP contribution is 2.36. The van der Waals surface area contributed by atoms with Crippen LogP contribution in [0.3, 0.4) is 0 Å². The molecule has 0 bridgehead atoms. The third-order valence-corrected chi connectivity index (χ3v) is 5.55. The van der Waals surface area contributed by atoms with Crippen LogP contribution in [0, 0.1) is 12.7 Å². The molecule has 0 aliphatic rings. The van der Waals surface area contributed by atoms with E-state index in [1.807, 2.05) is 16.8 Å². The first-order valence-corrected chi connectivity index (χ1v) is 10.1. The van der Waals surface area contributed by atoms with Gasteiger partial charge in [-0.3, -0.25) is 4.79 Å². The van der Waals surface area contributed by atoms with Crippen LogP contribution >= 0.6 is 0 Å². The number of hydrogen-bond donors (Lipinski definition) is 1. The first-order valence-electron chi connectivity index (χ1n) is 10.1. The minimum absolute atomic E-state index is 0.112. The van der Waals surface area contributed by atoms with Crippen LogP contribution in [-0.4, -0.2) is 31.2 Å². The van der Waals surface area contributed by atoms with E-state index in [0.29, 0.717) is 35.5 Å². The Kier molecular flexibility index (Phi) is 5.85. The van der Waals surface area contributed by atoms with Gasteiger partial charge in [-0.2, -0.15) is 0 Å². The number of hydrogen-bond acceptors (Lipinski definition) is 5. The van der Waals surface area contributed by atoms with Crippen LogP contribution in [-0.2, 0) is 17.8 Å². The number of nitrogens with one attached hydrogen (secondary N) is 1. The first-order chi connectivity index (χ1) is 15.4. The van der Waals surface area contributed by atoms with E-state index in [2.05, 4.69) is 5.32 Å². The van der Waals surface area contributed by atoms with Crippen molar-refractivity contribution in [2.45, 2.75) is 19.9 Å². The molecule has 0 fully saturated rings. The van der Waals surface area contributed by atoms with Gasteiger partial charge in [0.2, 0.25) is 11.7 Å². The zero-order valence-corrected chi connectivity index (χ0v) is 18.0. The summed E-state index contributed by atoms with van der Waals surface area (Å²) < 4.78 is 31.5. The zero-order valence-electron chi connectivity index (χ0n) is 18.0. The van der Waals surface area contributed by atoms with Crippen LogP contribution in [0.2, 0.25) is 0 Å². The SMILES string of the molecule is COc1ccc2c(C)c(CC(=O)NCCn3ccc4ccc(F)cc43)c(=O)oc2c1OC. The van der Waals surface area contributed by atoms with Crippen LogP contribution in [0.25, 0.3) is 21.9 Å². The van der Waals surface area contributed by atoms with E-state index in [9.17, 15) is 14.0 Å². The second kappa shape index (κ2) is 8.74. The van der Waals surface area contributed by atoms with E-state index in [1.165, 1.54) is 26.4 Å². The molecule has 2 aromatic carbocycles. The second-order valence-electron chi connectivity index (χ2n) is 7.41. The summed E-state index contributed by atoms with van der Waals surface area (Å²) in [6, 6.07) is 9.98. The van der Waals surface area contributed by atoms with Crippen LogP contribution in [0.5, 0.6) is 11.5 Å². The van der Waals surface area contributed by atoms with Crippen molar-refractivity contribution in [2.75, 3.05) is 20.8 Å². The third-order valence-electron chi connectivity index (χ3n) is 5.55. The molecule has 4 rings (SSSR count). The number of nitrogens with zero attached hydrogens (tertiary/aromatic N) is 1. The van der Waals surface area contributed by atoms with Crippen molar-refractivity contribution in [3.63, 3.8) is 0 Å². The normalized spacial score (nSPS) is 11.1. The number of carbonyl (C=O) groups excluding carboxylic acids is 1. The number of aromatic nitrogens is 1. The molecule has 0 spiro atoms. The average molecular weight is 438 g/mol. The van der Waals surface area contributed by atoms with Gasteiger partial charge in [-0.25, -0.2) is 9.18 Å². The lowest BCUT2D eigenvalue weighted by Crippen LogP contribution is -2.30. The largest absolute Gasteiger partial charge is 0.493 e. The van der Waals surface area contributed by atoms with Crippen molar-refractivity contribution < 1.29 is 23.1 Å². The number of amides is 1. The van der Waals surface area contributed by atoms with Gasteiger partial charge in [0.15, 0.2) is 11.3 Å². The summed E-state index contributed by atoms with van der Waals surface area (Å²) >= 11 is 0. The first kappa shape index (κ1) is 21.4. The Morgan fingerprint density at radius 3 is 2.72 bits per heavy atom. The summed E-state index contributed by atoms with van der Waals surface area (Å²) in [5.41, 5.74) is 1.39. The molecular formula is C24H23FN2O5. The van der Waals surface area contributed by atoms with E-state index in [4.69, 9.17) is 13.9 Å². The molecule has 32 heavy (non-hydrogen) atoms. The number of ether oxygens (including phenoxy) is 2. The quantitative estimate of drug-likeness (QED) is 0.446. The number of rotatable bonds is 7. The summed E-state index contributed by atoms with van der Waals surface area (Å²) in [6.45, 7) is 2.58. The van der Waals surface area contributed by atoms with Crippen molar-refractivity contribution in [2.24, 2.45) is 0 Å². The number of methoxy groups -OCH3 is 2. The Balaban J connectivity index is 1.49. The standard InChI is InChI=1S/C24H23FN2O5/c1-14-17-6-7-20(30-2)23(31-3)22(17)32-24(29)18(14)13-21(28)26-9-11-27-10-8-15-4-5-16(25)12-19(15)27/h4-8,10,12H,9,11,13H2,1-3H3,(H,26,28). The van der Waals surface area contributed by atoms with Gasteiger partial charge in [0.1, 0.15) is 5.82 Å². The lowest BCUT2D eigenvalue weighted by atomic mass is 10.0. The zero-order chi connectivity index (χ0) is 22.8. The van der Waals surface area contributed by atoms with Crippen LogP contribution in [0.1, 0.15) is 11.1 Å². The topological polar surface area (TPSA) is 82.7 Å². The van der Waals surface area contributed by atoms with Crippen molar-refractivity contribution in [3.8, 4) is 11.5 Å². The molecule has 0 aliphatic heterocycles. The van der Waals surface area contributed by atoms with E-state index in [1.54, 1.807) is 25.1 Å². The van der Waals surface area contributed by atoms with Gasteiger partial charge in [-0.1, -0.05) is 0 Å². The summed E-state index contributed by atoms with van der Waals surface area (Å²) in [5, 5.41) is 4.41. The predicted octanol–water partition coefficient (Wildman–Crippen LogP) is 3.57. The fourth-order valence-electron chi connectivity index (χ4n) is 3.86. The number of aryl methyl sites for hydroxylation is 1. The molecule has 0 unspecified atom stereocenters. The van der Waals surface area contributed by atoms with Crippen molar-refractivity contribution >= 4 is 27.8 Å². The molecule has 1 N–H and O–H groups in total. The Morgan fingerprint density at radius 1 is 1.16 bits per heavy atom. The molecule has 7 nitrogen and oxygen atoms in total. The highest BCUT2D eigenvalue weighted by atomic mass is 19.1. The molecule has 8 heteroatoms. The molecule has 2 heterocycles. The molecule has 2 aromatic heterocycles. The summed E-state index contributed by atoms with van der Waals surface area (Å²) in [4.78, 5) is 25.1. The molecule has 0 atom stereocenters. The maximum atomic E-state index is 13.5. The minimum Gasteiger partial charge on any atom is -0.493 e. The average Bonchev–Trinajstić information content (AvgIpc) is 3.17. The lowest BCUT2D eigenvalue weighted by Gasteiger charge is -2.13. The predicted molar refractivity (Wildman–Crippen MR) is 119 cm³/mol.